The second-order valence-corrected chi connectivity index (χ2v) is 3.85. The molecule has 0 rings (SSSR count). The summed E-state index contributed by atoms with van der Waals surface area (Å²) in [6, 6.07) is 0. The van der Waals surface area contributed by atoms with E-state index in [1.807, 2.05) is 6.08 Å². The summed E-state index contributed by atoms with van der Waals surface area (Å²) >= 11 is 0. The summed E-state index contributed by atoms with van der Waals surface area (Å²) in [4.78, 5) is 0. The van der Waals surface area contributed by atoms with Gasteiger partial charge in [-0.3, -0.25) is 0 Å². The van der Waals surface area contributed by atoms with E-state index in [1.54, 1.807) is 0 Å². The highest BCUT2D eigenvalue weighted by Gasteiger charge is 1.97. The summed E-state index contributed by atoms with van der Waals surface area (Å²) in [5.41, 5.74) is 0. The molecule has 0 radical (unpaired) electrons. The topological polar surface area (TPSA) is 20.2 Å². The van der Waals surface area contributed by atoms with Crippen LogP contribution in [0.2, 0.25) is 0 Å². The predicted molar refractivity (Wildman–Crippen MR) is 58.9 cm³/mol. The molecule has 0 heterocycles. The number of hydrogen-bond acceptors (Lipinski definition) is 1. The quantitative estimate of drug-likeness (QED) is 0.458. The summed E-state index contributed by atoms with van der Waals surface area (Å²) in [5, 5.41) is 9.51. The van der Waals surface area contributed by atoms with Gasteiger partial charge in [-0.15, -0.1) is 0 Å². The van der Waals surface area contributed by atoms with Crippen LogP contribution in [0.25, 0.3) is 0 Å². The number of hydrogen-bond donors (Lipinski definition) is 1. The first-order valence-corrected chi connectivity index (χ1v) is 5.60. The molecule has 0 spiro atoms. The molecule has 78 valence electrons. The van der Waals surface area contributed by atoms with Crippen LogP contribution >= 0.6 is 0 Å². The van der Waals surface area contributed by atoms with Crippen LogP contribution in [0, 0.1) is 5.92 Å². The van der Waals surface area contributed by atoms with E-state index < -0.39 is 0 Å². The molecule has 0 aliphatic rings. The highest BCUT2D eigenvalue weighted by atomic mass is 16.3. The lowest BCUT2D eigenvalue weighted by molar-refractivity contribution is 0.373. The van der Waals surface area contributed by atoms with E-state index in [2.05, 4.69) is 20.8 Å². The number of rotatable bonds is 7. The zero-order valence-electron chi connectivity index (χ0n) is 9.34. The van der Waals surface area contributed by atoms with Gasteiger partial charge in [-0.05, 0) is 24.8 Å². The molecule has 1 unspecified atom stereocenters. The van der Waals surface area contributed by atoms with E-state index in [0.29, 0.717) is 11.7 Å². The Morgan fingerprint density at radius 1 is 1.23 bits per heavy atom. The summed E-state index contributed by atoms with van der Waals surface area (Å²) < 4.78 is 0. The summed E-state index contributed by atoms with van der Waals surface area (Å²) in [5.74, 6) is 1.11. The van der Waals surface area contributed by atoms with Crippen LogP contribution in [0.1, 0.15) is 59.3 Å². The molecule has 13 heavy (non-hydrogen) atoms. The van der Waals surface area contributed by atoms with Gasteiger partial charge >= 0.3 is 0 Å². The van der Waals surface area contributed by atoms with Crippen molar-refractivity contribution in [1.29, 1.82) is 0 Å². The molecular weight excluding hydrogens is 160 g/mol. The van der Waals surface area contributed by atoms with Gasteiger partial charge in [0.25, 0.3) is 0 Å². The Morgan fingerprint density at radius 3 is 2.46 bits per heavy atom. The van der Waals surface area contributed by atoms with Crippen LogP contribution in [0.4, 0.5) is 0 Å². The maximum atomic E-state index is 9.51. The average molecular weight is 184 g/mol. The fourth-order valence-corrected chi connectivity index (χ4v) is 1.26. The van der Waals surface area contributed by atoms with E-state index in [4.69, 9.17) is 0 Å². The molecule has 0 aromatic rings. The standard InChI is InChI=1S/C12H24O/c1-4-6-7-8-9-12(13)10-11(3)5-2/h10-11,13H,4-9H2,1-3H3/b12-10-. The highest BCUT2D eigenvalue weighted by molar-refractivity contribution is 4.93. The van der Waals surface area contributed by atoms with Crippen molar-refractivity contribution >= 4 is 0 Å². The Bertz CT molecular complexity index is 138. The lowest BCUT2D eigenvalue weighted by Gasteiger charge is -2.04. The van der Waals surface area contributed by atoms with Crippen LogP contribution in [-0.4, -0.2) is 5.11 Å². The van der Waals surface area contributed by atoms with Gasteiger partial charge in [-0.2, -0.15) is 0 Å². The second-order valence-electron chi connectivity index (χ2n) is 3.85. The van der Waals surface area contributed by atoms with Gasteiger partial charge in [0.2, 0.25) is 0 Å². The number of unbranched alkanes of at least 4 members (excludes halogenated alkanes) is 3. The van der Waals surface area contributed by atoms with Gasteiger partial charge in [-0.25, -0.2) is 0 Å². The Balaban J connectivity index is 3.49. The second kappa shape index (κ2) is 8.15. The third-order valence-electron chi connectivity index (χ3n) is 2.41. The Morgan fingerprint density at radius 2 is 1.92 bits per heavy atom. The monoisotopic (exact) mass is 184 g/mol. The van der Waals surface area contributed by atoms with Gasteiger partial charge in [-0.1, -0.05) is 40.0 Å². The van der Waals surface area contributed by atoms with Crippen LogP contribution < -0.4 is 0 Å². The van der Waals surface area contributed by atoms with Crippen molar-refractivity contribution in [1.82, 2.24) is 0 Å². The summed E-state index contributed by atoms with van der Waals surface area (Å²) in [7, 11) is 0. The van der Waals surface area contributed by atoms with Crippen molar-refractivity contribution in [2.24, 2.45) is 5.92 Å². The van der Waals surface area contributed by atoms with Crippen molar-refractivity contribution in [2.75, 3.05) is 0 Å². The highest BCUT2D eigenvalue weighted by Crippen LogP contribution is 2.11. The molecule has 1 heteroatoms. The minimum atomic E-state index is 0.520. The summed E-state index contributed by atoms with van der Waals surface area (Å²) in [6.45, 7) is 6.49. The van der Waals surface area contributed by atoms with Crippen LogP contribution in [0.3, 0.4) is 0 Å². The largest absolute Gasteiger partial charge is 0.513 e. The minimum Gasteiger partial charge on any atom is -0.513 e. The van der Waals surface area contributed by atoms with E-state index in [-0.39, 0.29) is 0 Å². The molecule has 0 bridgehead atoms. The van der Waals surface area contributed by atoms with Gasteiger partial charge in [0.1, 0.15) is 0 Å². The Labute approximate surface area is 82.9 Å². The zero-order valence-corrected chi connectivity index (χ0v) is 9.34. The molecule has 1 N–H and O–H groups in total. The molecule has 1 nitrogen and oxygen atoms in total. The fraction of sp³-hybridized carbons (Fsp3) is 0.833. The van der Waals surface area contributed by atoms with Gasteiger partial charge < -0.3 is 5.11 Å². The third kappa shape index (κ3) is 7.89. The van der Waals surface area contributed by atoms with E-state index >= 15 is 0 Å². The lowest BCUT2D eigenvalue weighted by Crippen LogP contribution is -1.90. The fourth-order valence-electron chi connectivity index (χ4n) is 1.26. The molecule has 0 saturated carbocycles. The number of aliphatic hydroxyl groups excluding tert-OH is 1. The molecule has 0 aliphatic heterocycles. The Kier molecular flexibility index (Phi) is 7.86. The van der Waals surface area contributed by atoms with E-state index in [1.165, 1.54) is 19.3 Å². The average Bonchev–Trinajstić information content (AvgIpc) is 2.12. The van der Waals surface area contributed by atoms with Gasteiger partial charge in [0.15, 0.2) is 0 Å². The van der Waals surface area contributed by atoms with Gasteiger partial charge in [0, 0.05) is 6.42 Å². The van der Waals surface area contributed by atoms with Crippen LogP contribution in [-0.2, 0) is 0 Å². The van der Waals surface area contributed by atoms with Crippen molar-refractivity contribution in [3.05, 3.63) is 11.8 Å². The predicted octanol–water partition coefficient (Wildman–Crippen LogP) is 4.44. The molecule has 0 aromatic heterocycles. The van der Waals surface area contributed by atoms with Crippen molar-refractivity contribution in [2.45, 2.75) is 59.3 Å². The molecule has 0 amide bonds. The van der Waals surface area contributed by atoms with Crippen LogP contribution in [0.15, 0.2) is 11.8 Å². The molecule has 0 aliphatic carbocycles. The SMILES string of the molecule is CCCCCC/C(O)=C/C(C)CC. The first kappa shape index (κ1) is 12.5. The minimum absolute atomic E-state index is 0.520. The summed E-state index contributed by atoms with van der Waals surface area (Å²) in [6.07, 6.45) is 8.89. The molecule has 0 saturated heterocycles. The smallest absolute Gasteiger partial charge is 0.0885 e. The number of allylic oxidation sites excluding steroid dienone is 2. The van der Waals surface area contributed by atoms with E-state index in [9.17, 15) is 5.11 Å². The maximum Gasteiger partial charge on any atom is 0.0885 e. The van der Waals surface area contributed by atoms with Crippen molar-refractivity contribution < 1.29 is 5.11 Å². The van der Waals surface area contributed by atoms with E-state index in [0.717, 1.165) is 19.3 Å². The molecule has 1 atom stereocenters. The van der Waals surface area contributed by atoms with Gasteiger partial charge in [0.05, 0.1) is 5.76 Å². The Hall–Kier alpha value is -0.460. The molecular formula is C12H24O. The first-order chi connectivity index (χ1) is 6.20. The van der Waals surface area contributed by atoms with Crippen molar-refractivity contribution in [3.8, 4) is 0 Å². The maximum absolute atomic E-state index is 9.51. The zero-order chi connectivity index (χ0) is 10.1. The number of aliphatic hydroxyl groups is 1. The first-order valence-electron chi connectivity index (χ1n) is 5.60. The normalized spacial score (nSPS) is 14.5. The lowest BCUT2D eigenvalue weighted by atomic mass is 10.1. The third-order valence-corrected chi connectivity index (χ3v) is 2.41. The van der Waals surface area contributed by atoms with Crippen LogP contribution in [0.5, 0.6) is 0 Å². The molecule has 0 fully saturated rings. The molecule has 0 aromatic carbocycles. The van der Waals surface area contributed by atoms with Crippen molar-refractivity contribution in [3.63, 3.8) is 0 Å².